The topological polar surface area (TPSA) is 29.5 Å². The van der Waals surface area contributed by atoms with Crippen LogP contribution >= 0.6 is 0 Å². The fraction of sp³-hybridized carbons (Fsp3) is 0.409. The van der Waals surface area contributed by atoms with Crippen molar-refractivity contribution in [3.8, 4) is 11.1 Å². The molecule has 0 aromatic heterocycles. The Bertz CT molecular complexity index is 751. The van der Waals surface area contributed by atoms with E-state index in [2.05, 4.69) is 0 Å². The van der Waals surface area contributed by atoms with Gasteiger partial charge in [-0.2, -0.15) is 0 Å². The molecule has 1 saturated heterocycles. The van der Waals surface area contributed by atoms with E-state index < -0.39 is 0 Å². The van der Waals surface area contributed by atoms with Crippen LogP contribution in [0.2, 0.25) is 0 Å². The molecule has 0 aliphatic carbocycles. The summed E-state index contributed by atoms with van der Waals surface area (Å²) in [5.74, 6) is -0.206. The van der Waals surface area contributed by atoms with Crippen LogP contribution in [-0.4, -0.2) is 37.1 Å². The smallest absolute Gasteiger partial charge is 0.253 e. The van der Waals surface area contributed by atoms with Crippen molar-refractivity contribution in [3.05, 3.63) is 59.4 Å². The molecule has 1 aliphatic heterocycles. The molecule has 0 saturated carbocycles. The zero-order valence-corrected chi connectivity index (χ0v) is 15.5. The summed E-state index contributed by atoms with van der Waals surface area (Å²) < 4.78 is 18.9. The fourth-order valence-electron chi connectivity index (χ4n) is 3.49. The van der Waals surface area contributed by atoms with Gasteiger partial charge in [0.05, 0.1) is 6.10 Å². The summed E-state index contributed by atoms with van der Waals surface area (Å²) in [6, 6.07) is 12.3. The van der Waals surface area contributed by atoms with E-state index in [9.17, 15) is 9.18 Å². The van der Waals surface area contributed by atoms with Gasteiger partial charge in [0.2, 0.25) is 0 Å². The van der Waals surface area contributed by atoms with Crippen LogP contribution in [0.25, 0.3) is 11.1 Å². The molecule has 1 fully saturated rings. The number of ether oxygens (including phenoxy) is 1. The maximum atomic E-state index is 13.3. The molecule has 0 spiro atoms. The Morgan fingerprint density at radius 1 is 1.23 bits per heavy atom. The Morgan fingerprint density at radius 2 is 2.00 bits per heavy atom. The lowest BCUT2D eigenvalue weighted by Crippen LogP contribution is -2.28. The zero-order chi connectivity index (χ0) is 18.5. The van der Waals surface area contributed by atoms with Gasteiger partial charge in [0.25, 0.3) is 5.91 Å². The lowest BCUT2D eigenvalue weighted by molar-refractivity contribution is 0.0763. The van der Waals surface area contributed by atoms with Crippen LogP contribution in [0.3, 0.4) is 0 Å². The Kier molecular flexibility index (Phi) is 6.04. The Hall–Kier alpha value is -2.20. The fourth-order valence-corrected chi connectivity index (χ4v) is 3.49. The molecule has 0 N–H and O–H groups in total. The van der Waals surface area contributed by atoms with Gasteiger partial charge in [-0.15, -0.1) is 0 Å². The molecule has 2 aromatic rings. The van der Waals surface area contributed by atoms with Gasteiger partial charge in [0.1, 0.15) is 5.82 Å². The largest absolute Gasteiger partial charge is 0.378 e. The molecule has 26 heavy (non-hydrogen) atoms. The molecule has 0 radical (unpaired) electrons. The summed E-state index contributed by atoms with van der Waals surface area (Å²) in [6.45, 7) is 3.50. The first-order valence-electron chi connectivity index (χ1n) is 9.28. The van der Waals surface area contributed by atoms with Crippen LogP contribution in [0.5, 0.6) is 0 Å². The summed E-state index contributed by atoms with van der Waals surface area (Å²) in [5.41, 5.74) is 3.53. The third-order valence-corrected chi connectivity index (χ3v) is 5.02. The molecule has 1 atom stereocenters. The zero-order valence-electron chi connectivity index (χ0n) is 15.5. The van der Waals surface area contributed by atoms with E-state index >= 15 is 0 Å². The van der Waals surface area contributed by atoms with Crippen LogP contribution in [0, 0.1) is 12.7 Å². The van der Waals surface area contributed by atoms with Crippen molar-refractivity contribution in [1.29, 1.82) is 0 Å². The van der Waals surface area contributed by atoms with Crippen molar-refractivity contribution in [2.24, 2.45) is 0 Å². The van der Waals surface area contributed by atoms with E-state index in [1.54, 1.807) is 11.0 Å². The highest BCUT2D eigenvalue weighted by Crippen LogP contribution is 2.24. The third-order valence-electron chi connectivity index (χ3n) is 5.02. The normalized spacial score (nSPS) is 16.7. The SMILES string of the molecule is Cc1cc(F)ccc1-c1ccc(C(=O)N(C)CCC[C@@H]2CCCO2)cc1. The van der Waals surface area contributed by atoms with Crippen molar-refractivity contribution in [1.82, 2.24) is 4.90 Å². The maximum absolute atomic E-state index is 13.3. The molecule has 3 rings (SSSR count). The number of aryl methyl sites for hydroxylation is 1. The van der Waals surface area contributed by atoms with Gasteiger partial charge in [0.15, 0.2) is 0 Å². The number of hydrogen-bond acceptors (Lipinski definition) is 2. The number of carbonyl (C=O) groups excluding carboxylic acids is 1. The first kappa shape index (κ1) is 18.6. The van der Waals surface area contributed by atoms with Gasteiger partial charge in [0, 0.05) is 25.8 Å². The highest BCUT2D eigenvalue weighted by atomic mass is 19.1. The van der Waals surface area contributed by atoms with Crippen molar-refractivity contribution < 1.29 is 13.9 Å². The standard InChI is InChI=1S/C22H26FNO2/c1-16-15-19(23)11-12-21(16)17-7-9-18(10-8-17)22(25)24(2)13-3-5-20-6-4-14-26-20/h7-12,15,20H,3-6,13-14H2,1-2H3/t20-/m1/s1. The Labute approximate surface area is 154 Å². The first-order chi connectivity index (χ1) is 12.5. The van der Waals surface area contributed by atoms with Gasteiger partial charge in [-0.25, -0.2) is 4.39 Å². The molecule has 1 amide bonds. The number of amides is 1. The second kappa shape index (κ2) is 8.45. The molecule has 0 bridgehead atoms. The summed E-state index contributed by atoms with van der Waals surface area (Å²) >= 11 is 0. The average molecular weight is 355 g/mol. The van der Waals surface area contributed by atoms with E-state index in [4.69, 9.17) is 4.74 Å². The summed E-state index contributed by atoms with van der Waals surface area (Å²) in [6.07, 6.45) is 4.64. The van der Waals surface area contributed by atoms with Crippen LogP contribution in [0.4, 0.5) is 4.39 Å². The molecule has 2 aromatic carbocycles. The lowest BCUT2D eigenvalue weighted by Gasteiger charge is -2.18. The molecular weight excluding hydrogens is 329 g/mol. The summed E-state index contributed by atoms with van der Waals surface area (Å²) in [7, 11) is 1.84. The minimum absolute atomic E-state index is 0.0275. The molecule has 1 heterocycles. The van der Waals surface area contributed by atoms with Gasteiger partial charge in [-0.1, -0.05) is 18.2 Å². The number of nitrogens with zero attached hydrogens (tertiary/aromatic N) is 1. The van der Waals surface area contributed by atoms with Gasteiger partial charge in [-0.3, -0.25) is 4.79 Å². The number of hydrogen-bond donors (Lipinski definition) is 0. The highest BCUT2D eigenvalue weighted by molar-refractivity contribution is 5.94. The second-order valence-electron chi connectivity index (χ2n) is 7.04. The van der Waals surface area contributed by atoms with E-state index in [0.717, 1.165) is 55.5 Å². The monoisotopic (exact) mass is 355 g/mol. The van der Waals surface area contributed by atoms with Crippen LogP contribution < -0.4 is 0 Å². The Balaban J connectivity index is 1.59. The number of benzene rings is 2. The number of carbonyl (C=O) groups is 1. The summed E-state index contributed by atoms with van der Waals surface area (Å²) in [5, 5.41) is 0. The quantitative estimate of drug-likeness (QED) is 0.742. The molecule has 0 unspecified atom stereocenters. The molecule has 1 aliphatic rings. The minimum atomic E-state index is -0.234. The second-order valence-corrected chi connectivity index (χ2v) is 7.04. The molecular formula is C22H26FNO2. The molecule has 138 valence electrons. The third kappa shape index (κ3) is 4.50. The van der Waals surface area contributed by atoms with Gasteiger partial charge < -0.3 is 9.64 Å². The maximum Gasteiger partial charge on any atom is 0.253 e. The lowest BCUT2D eigenvalue weighted by atomic mass is 9.99. The van der Waals surface area contributed by atoms with Gasteiger partial charge >= 0.3 is 0 Å². The van der Waals surface area contributed by atoms with Crippen LogP contribution in [0.1, 0.15) is 41.6 Å². The van der Waals surface area contributed by atoms with Crippen molar-refractivity contribution in [3.63, 3.8) is 0 Å². The summed E-state index contributed by atoms with van der Waals surface area (Å²) in [4.78, 5) is 14.3. The predicted molar refractivity (Wildman–Crippen MR) is 102 cm³/mol. The van der Waals surface area contributed by atoms with Crippen LogP contribution in [-0.2, 0) is 4.74 Å². The average Bonchev–Trinajstić information content (AvgIpc) is 3.15. The van der Waals surface area contributed by atoms with E-state index in [1.165, 1.54) is 12.1 Å². The van der Waals surface area contributed by atoms with E-state index in [1.807, 2.05) is 38.2 Å². The predicted octanol–water partition coefficient (Wildman–Crippen LogP) is 4.83. The number of rotatable bonds is 6. The minimum Gasteiger partial charge on any atom is -0.378 e. The van der Waals surface area contributed by atoms with Crippen molar-refractivity contribution >= 4 is 5.91 Å². The Morgan fingerprint density at radius 3 is 2.65 bits per heavy atom. The van der Waals surface area contributed by atoms with E-state index in [-0.39, 0.29) is 11.7 Å². The van der Waals surface area contributed by atoms with E-state index in [0.29, 0.717) is 11.7 Å². The van der Waals surface area contributed by atoms with Crippen LogP contribution in [0.15, 0.2) is 42.5 Å². The van der Waals surface area contributed by atoms with Crippen molar-refractivity contribution in [2.75, 3.05) is 20.2 Å². The highest BCUT2D eigenvalue weighted by Gasteiger charge is 2.16. The first-order valence-corrected chi connectivity index (χ1v) is 9.28. The van der Waals surface area contributed by atoms with Crippen molar-refractivity contribution in [2.45, 2.75) is 38.7 Å². The number of halogens is 1. The molecule has 3 nitrogen and oxygen atoms in total. The molecule has 4 heteroatoms. The van der Waals surface area contributed by atoms with Gasteiger partial charge in [-0.05, 0) is 73.6 Å².